The largest absolute Gasteiger partial charge is 0.514 e. The maximum atomic E-state index is 12.2. The highest BCUT2D eigenvalue weighted by Gasteiger charge is 2.22. The molecule has 0 saturated heterocycles. The van der Waals surface area contributed by atoms with Crippen molar-refractivity contribution in [3.63, 3.8) is 0 Å². The smallest absolute Gasteiger partial charge is 0.429 e. The standard InChI is InChI=1S/C22H27BrN2O4/c1-4-22(2,3)25-20(26)19(24)13-15-9-11-17(12-10-15)29-21(27)28-14-16-7-5-6-8-18(16)23/h5-12,19H,4,13-14,24H2,1-3H3,(H,25,26)/t19-/m0/s1. The second kappa shape index (κ2) is 10.4. The van der Waals surface area contributed by atoms with Gasteiger partial charge in [-0.2, -0.15) is 0 Å². The van der Waals surface area contributed by atoms with Gasteiger partial charge in [0.25, 0.3) is 0 Å². The highest BCUT2D eigenvalue weighted by molar-refractivity contribution is 9.10. The zero-order valence-electron chi connectivity index (χ0n) is 16.9. The van der Waals surface area contributed by atoms with Crippen LogP contribution in [0, 0.1) is 0 Å². The van der Waals surface area contributed by atoms with E-state index in [9.17, 15) is 9.59 Å². The van der Waals surface area contributed by atoms with Crippen LogP contribution in [-0.2, 0) is 22.6 Å². The molecular weight excluding hydrogens is 436 g/mol. The van der Waals surface area contributed by atoms with Crippen LogP contribution in [0.15, 0.2) is 53.0 Å². The summed E-state index contributed by atoms with van der Waals surface area (Å²) in [6.45, 7) is 6.03. The van der Waals surface area contributed by atoms with Gasteiger partial charge in [0, 0.05) is 15.6 Å². The second-order valence-electron chi connectivity index (χ2n) is 7.41. The first-order valence-electron chi connectivity index (χ1n) is 9.45. The third kappa shape index (κ3) is 7.51. The summed E-state index contributed by atoms with van der Waals surface area (Å²) in [4.78, 5) is 24.1. The predicted molar refractivity (Wildman–Crippen MR) is 116 cm³/mol. The molecule has 0 aliphatic carbocycles. The van der Waals surface area contributed by atoms with Gasteiger partial charge in [0.15, 0.2) is 0 Å². The average Bonchev–Trinajstić information content (AvgIpc) is 2.68. The topological polar surface area (TPSA) is 90.7 Å². The molecule has 6 nitrogen and oxygen atoms in total. The third-order valence-corrected chi connectivity index (χ3v) is 5.34. The summed E-state index contributed by atoms with van der Waals surface area (Å²) >= 11 is 3.40. The van der Waals surface area contributed by atoms with Crippen molar-refractivity contribution in [1.29, 1.82) is 0 Å². The number of ether oxygens (including phenoxy) is 2. The molecule has 0 heterocycles. The monoisotopic (exact) mass is 462 g/mol. The van der Waals surface area contributed by atoms with Crippen LogP contribution in [0.4, 0.5) is 4.79 Å². The molecule has 0 unspecified atom stereocenters. The van der Waals surface area contributed by atoms with Crippen LogP contribution in [0.1, 0.15) is 38.3 Å². The van der Waals surface area contributed by atoms with Gasteiger partial charge in [-0.3, -0.25) is 4.79 Å². The van der Waals surface area contributed by atoms with Crippen LogP contribution in [-0.4, -0.2) is 23.6 Å². The first-order chi connectivity index (χ1) is 13.7. The lowest BCUT2D eigenvalue weighted by Gasteiger charge is -2.26. The first kappa shape index (κ1) is 22.9. The molecule has 0 saturated carbocycles. The third-order valence-electron chi connectivity index (χ3n) is 4.57. The Kier molecular flexibility index (Phi) is 8.22. The maximum absolute atomic E-state index is 12.2. The van der Waals surface area contributed by atoms with Crippen LogP contribution >= 0.6 is 15.9 Å². The normalized spacial score (nSPS) is 12.2. The zero-order chi connectivity index (χ0) is 21.4. The van der Waals surface area contributed by atoms with Gasteiger partial charge in [-0.05, 0) is 50.5 Å². The Morgan fingerprint density at radius 3 is 2.41 bits per heavy atom. The molecule has 0 radical (unpaired) electrons. The molecular formula is C22H27BrN2O4. The number of amides is 1. The van der Waals surface area contributed by atoms with Gasteiger partial charge in [-0.15, -0.1) is 0 Å². The van der Waals surface area contributed by atoms with Gasteiger partial charge in [-0.1, -0.05) is 53.2 Å². The number of carbonyl (C=O) groups is 2. The summed E-state index contributed by atoms with van der Waals surface area (Å²) in [5, 5.41) is 2.94. The lowest BCUT2D eigenvalue weighted by molar-refractivity contribution is -0.124. The Bertz CT molecular complexity index is 837. The van der Waals surface area contributed by atoms with Crippen molar-refractivity contribution in [2.45, 2.75) is 51.8 Å². The summed E-state index contributed by atoms with van der Waals surface area (Å²) in [6, 6.07) is 13.7. The Morgan fingerprint density at radius 2 is 1.79 bits per heavy atom. The van der Waals surface area contributed by atoms with Crippen molar-refractivity contribution in [2.24, 2.45) is 5.73 Å². The van der Waals surface area contributed by atoms with E-state index >= 15 is 0 Å². The number of hydrogen-bond donors (Lipinski definition) is 2. The lowest BCUT2D eigenvalue weighted by Crippen LogP contribution is -2.50. The molecule has 2 rings (SSSR count). The fourth-order valence-electron chi connectivity index (χ4n) is 2.43. The fourth-order valence-corrected chi connectivity index (χ4v) is 2.83. The van der Waals surface area contributed by atoms with Crippen molar-refractivity contribution in [3.8, 4) is 5.75 Å². The summed E-state index contributed by atoms with van der Waals surface area (Å²) in [5.74, 6) is 0.170. The summed E-state index contributed by atoms with van der Waals surface area (Å²) in [6.07, 6.45) is 0.416. The number of benzene rings is 2. The molecule has 7 heteroatoms. The molecule has 0 aromatic heterocycles. The molecule has 1 amide bonds. The van der Waals surface area contributed by atoms with Gasteiger partial charge in [0.05, 0.1) is 6.04 Å². The molecule has 2 aromatic carbocycles. The average molecular weight is 463 g/mol. The molecule has 0 spiro atoms. The molecule has 0 aliphatic rings. The first-order valence-corrected chi connectivity index (χ1v) is 10.2. The van der Waals surface area contributed by atoms with E-state index in [4.69, 9.17) is 15.2 Å². The maximum Gasteiger partial charge on any atom is 0.514 e. The zero-order valence-corrected chi connectivity index (χ0v) is 18.5. The van der Waals surface area contributed by atoms with E-state index in [1.54, 1.807) is 24.3 Å². The van der Waals surface area contributed by atoms with Crippen molar-refractivity contribution in [2.75, 3.05) is 0 Å². The van der Waals surface area contributed by atoms with E-state index in [1.807, 2.05) is 45.0 Å². The van der Waals surface area contributed by atoms with E-state index in [0.29, 0.717) is 12.2 Å². The number of carbonyl (C=O) groups excluding carboxylic acids is 2. The summed E-state index contributed by atoms with van der Waals surface area (Å²) < 4.78 is 11.2. The molecule has 0 aliphatic heterocycles. The minimum Gasteiger partial charge on any atom is -0.429 e. The SMILES string of the molecule is CCC(C)(C)NC(=O)[C@@H](N)Cc1ccc(OC(=O)OCc2ccccc2Br)cc1. The van der Waals surface area contributed by atoms with Gasteiger partial charge >= 0.3 is 6.16 Å². The van der Waals surface area contributed by atoms with Gasteiger partial charge in [0.1, 0.15) is 12.4 Å². The minimum atomic E-state index is -0.786. The molecule has 0 bridgehead atoms. The highest BCUT2D eigenvalue weighted by Crippen LogP contribution is 2.18. The number of nitrogens with one attached hydrogen (secondary N) is 1. The molecule has 29 heavy (non-hydrogen) atoms. The van der Waals surface area contributed by atoms with Crippen molar-refractivity contribution in [3.05, 3.63) is 64.1 Å². The van der Waals surface area contributed by atoms with Crippen LogP contribution in [0.2, 0.25) is 0 Å². The van der Waals surface area contributed by atoms with Gasteiger partial charge in [-0.25, -0.2) is 4.79 Å². The molecule has 156 valence electrons. The minimum absolute atomic E-state index is 0.108. The lowest BCUT2D eigenvalue weighted by atomic mass is 10.00. The number of hydrogen-bond acceptors (Lipinski definition) is 5. The predicted octanol–water partition coefficient (Wildman–Crippen LogP) is 4.34. The van der Waals surface area contributed by atoms with Crippen LogP contribution in [0.25, 0.3) is 0 Å². The number of nitrogens with two attached hydrogens (primary N) is 1. The van der Waals surface area contributed by atoms with Crippen molar-refractivity contribution in [1.82, 2.24) is 5.32 Å². The fraction of sp³-hybridized carbons (Fsp3) is 0.364. The quantitative estimate of drug-likeness (QED) is 0.449. The Morgan fingerprint density at radius 1 is 1.14 bits per heavy atom. The van der Waals surface area contributed by atoms with Gasteiger partial charge < -0.3 is 20.5 Å². The number of rotatable bonds is 8. The van der Waals surface area contributed by atoms with Crippen molar-refractivity contribution < 1.29 is 19.1 Å². The summed E-state index contributed by atoms with van der Waals surface area (Å²) in [7, 11) is 0. The van der Waals surface area contributed by atoms with Crippen LogP contribution in [0.3, 0.4) is 0 Å². The molecule has 0 fully saturated rings. The Balaban J connectivity index is 1.84. The van der Waals surface area contributed by atoms with E-state index in [1.165, 1.54) is 0 Å². The summed E-state index contributed by atoms with van der Waals surface area (Å²) in [5.41, 5.74) is 7.44. The van der Waals surface area contributed by atoms with E-state index in [0.717, 1.165) is 22.0 Å². The molecule has 2 aromatic rings. The van der Waals surface area contributed by atoms with E-state index in [-0.39, 0.29) is 18.1 Å². The van der Waals surface area contributed by atoms with Crippen LogP contribution in [0.5, 0.6) is 5.75 Å². The van der Waals surface area contributed by atoms with Gasteiger partial charge in [0.2, 0.25) is 5.91 Å². The second-order valence-corrected chi connectivity index (χ2v) is 8.27. The molecule has 3 N–H and O–H groups in total. The molecule has 1 atom stereocenters. The van der Waals surface area contributed by atoms with Crippen molar-refractivity contribution >= 4 is 28.0 Å². The number of halogens is 1. The Hall–Kier alpha value is -2.38. The Labute approximate surface area is 179 Å². The van der Waals surface area contributed by atoms with E-state index in [2.05, 4.69) is 21.2 Å². The van der Waals surface area contributed by atoms with Crippen LogP contribution < -0.4 is 15.8 Å². The van der Waals surface area contributed by atoms with E-state index < -0.39 is 12.2 Å². The highest BCUT2D eigenvalue weighted by atomic mass is 79.9.